The summed E-state index contributed by atoms with van der Waals surface area (Å²) in [6, 6.07) is 0. The van der Waals surface area contributed by atoms with E-state index in [-0.39, 0.29) is 0 Å². The standard InChI is InChI=1S/C8H14N2/c1-4-5-7-6-8(9-7)10(2)3/h4-6,8-9H,1-3H3/b5-4-. The lowest BCUT2D eigenvalue weighted by Crippen LogP contribution is -2.46. The molecule has 10 heavy (non-hydrogen) atoms. The van der Waals surface area contributed by atoms with Crippen LogP contribution in [-0.4, -0.2) is 25.2 Å². The summed E-state index contributed by atoms with van der Waals surface area (Å²) in [5, 5.41) is 3.28. The highest BCUT2D eigenvalue weighted by atomic mass is 15.3. The largest absolute Gasteiger partial charge is 0.366 e. The summed E-state index contributed by atoms with van der Waals surface area (Å²) >= 11 is 0. The molecule has 0 radical (unpaired) electrons. The van der Waals surface area contributed by atoms with Gasteiger partial charge in [0, 0.05) is 5.70 Å². The molecule has 0 bridgehead atoms. The fraction of sp³-hybridized carbons (Fsp3) is 0.500. The predicted molar refractivity (Wildman–Crippen MR) is 43.5 cm³/mol. The third-order valence-corrected chi connectivity index (χ3v) is 1.55. The van der Waals surface area contributed by atoms with E-state index in [2.05, 4.69) is 36.5 Å². The molecule has 1 rings (SSSR count). The number of likely N-dealkylation sites (N-methyl/N-ethyl adjacent to an activating group) is 1. The monoisotopic (exact) mass is 138 g/mol. The van der Waals surface area contributed by atoms with E-state index >= 15 is 0 Å². The summed E-state index contributed by atoms with van der Waals surface area (Å²) in [7, 11) is 4.11. The Balaban J connectivity index is 2.40. The van der Waals surface area contributed by atoms with Gasteiger partial charge in [0.15, 0.2) is 0 Å². The molecule has 1 N–H and O–H groups in total. The number of hydrogen-bond acceptors (Lipinski definition) is 2. The Labute approximate surface area is 62.2 Å². The molecular weight excluding hydrogens is 124 g/mol. The van der Waals surface area contributed by atoms with Gasteiger partial charge in [0.2, 0.25) is 0 Å². The Morgan fingerprint density at radius 3 is 2.60 bits per heavy atom. The molecule has 1 atom stereocenters. The molecule has 1 aliphatic rings. The van der Waals surface area contributed by atoms with E-state index in [1.165, 1.54) is 5.70 Å². The second-order valence-electron chi connectivity index (χ2n) is 2.67. The lowest BCUT2D eigenvalue weighted by molar-refractivity contribution is 0.288. The molecule has 1 heterocycles. The zero-order valence-electron chi connectivity index (χ0n) is 6.76. The summed E-state index contributed by atoms with van der Waals surface area (Å²) in [6.45, 7) is 2.02. The normalized spacial score (nSPS) is 24.4. The third kappa shape index (κ3) is 1.39. The van der Waals surface area contributed by atoms with Crippen molar-refractivity contribution in [3.05, 3.63) is 23.9 Å². The van der Waals surface area contributed by atoms with Gasteiger partial charge in [-0.3, -0.25) is 4.90 Å². The van der Waals surface area contributed by atoms with Crippen LogP contribution in [0.5, 0.6) is 0 Å². The van der Waals surface area contributed by atoms with Gasteiger partial charge in [0.1, 0.15) is 6.17 Å². The first-order chi connectivity index (χ1) is 4.74. The third-order valence-electron chi connectivity index (χ3n) is 1.55. The molecule has 56 valence electrons. The van der Waals surface area contributed by atoms with E-state index in [4.69, 9.17) is 0 Å². The van der Waals surface area contributed by atoms with Gasteiger partial charge in [-0.1, -0.05) is 6.08 Å². The van der Waals surface area contributed by atoms with Crippen molar-refractivity contribution in [3.8, 4) is 0 Å². The minimum atomic E-state index is 0.436. The van der Waals surface area contributed by atoms with Gasteiger partial charge >= 0.3 is 0 Å². The smallest absolute Gasteiger partial charge is 0.100 e. The van der Waals surface area contributed by atoms with Crippen LogP contribution >= 0.6 is 0 Å². The van der Waals surface area contributed by atoms with Crippen LogP contribution in [0.3, 0.4) is 0 Å². The minimum Gasteiger partial charge on any atom is -0.366 e. The zero-order chi connectivity index (χ0) is 7.56. The van der Waals surface area contributed by atoms with Crippen LogP contribution < -0.4 is 5.32 Å². The van der Waals surface area contributed by atoms with E-state index in [1.54, 1.807) is 0 Å². The molecule has 2 nitrogen and oxygen atoms in total. The molecule has 0 aliphatic carbocycles. The highest BCUT2D eigenvalue weighted by Crippen LogP contribution is 2.09. The Morgan fingerprint density at radius 2 is 2.20 bits per heavy atom. The van der Waals surface area contributed by atoms with E-state index in [0.29, 0.717) is 6.17 Å². The predicted octanol–water partition coefficient (Wildman–Crippen LogP) is 0.937. The quantitative estimate of drug-likeness (QED) is 0.611. The zero-order valence-corrected chi connectivity index (χ0v) is 6.76. The maximum Gasteiger partial charge on any atom is 0.100 e. The molecule has 0 aromatic heterocycles. The molecule has 0 spiro atoms. The van der Waals surface area contributed by atoms with Crippen molar-refractivity contribution in [2.45, 2.75) is 13.1 Å². The highest BCUT2D eigenvalue weighted by Gasteiger charge is 2.16. The maximum atomic E-state index is 3.28. The average molecular weight is 138 g/mol. The molecule has 0 aromatic rings. The van der Waals surface area contributed by atoms with Gasteiger partial charge in [-0.05, 0) is 33.2 Å². The van der Waals surface area contributed by atoms with E-state index < -0.39 is 0 Å². The fourth-order valence-corrected chi connectivity index (χ4v) is 0.896. The Kier molecular flexibility index (Phi) is 2.12. The van der Waals surface area contributed by atoms with Crippen LogP contribution in [0.2, 0.25) is 0 Å². The molecule has 0 amide bonds. The van der Waals surface area contributed by atoms with Crippen LogP contribution in [0.4, 0.5) is 0 Å². The lowest BCUT2D eigenvalue weighted by atomic mass is 10.2. The number of hydrogen-bond donors (Lipinski definition) is 1. The van der Waals surface area contributed by atoms with Crippen LogP contribution in [0.25, 0.3) is 0 Å². The van der Waals surface area contributed by atoms with Crippen LogP contribution in [0.1, 0.15) is 6.92 Å². The number of allylic oxidation sites excluding steroid dienone is 2. The summed E-state index contributed by atoms with van der Waals surface area (Å²) in [6.07, 6.45) is 6.73. The second kappa shape index (κ2) is 2.88. The Morgan fingerprint density at radius 1 is 1.60 bits per heavy atom. The van der Waals surface area contributed by atoms with Gasteiger partial charge in [0.25, 0.3) is 0 Å². The molecule has 1 unspecified atom stereocenters. The first-order valence-corrected chi connectivity index (χ1v) is 3.51. The van der Waals surface area contributed by atoms with Crippen LogP contribution in [0.15, 0.2) is 23.9 Å². The minimum absolute atomic E-state index is 0.436. The van der Waals surface area contributed by atoms with Crippen molar-refractivity contribution in [2.75, 3.05) is 14.1 Å². The first-order valence-electron chi connectivity index (χ1n) is 3.51. The van der Waals surface area contributed by atoms with Crippen LogP contribution in [-0.2, 0) is 0 Å². The number of rotatable bonds is 2. The molecule has 0 fully saturated rings. The van der Waals surface area contributed by atoms with Gasteiger partial charge in [-0.15, -0.1) is 0 Å². The molecule has 1 aliphatic heterocycles. The summed E-state index contributed by atoms with van der Waals surface area (Å²) < 4.78 is 0. The summed E-state index contributed by atoms with van der Waals surface area (Å²) in [5.41, 5.74) is 1.22. The van der Waals surface area contributed by atoms with E-state index in [0.717, 1.165) is 0 Å². The topological polar surface area (TPSA) is 15.3 Å². The first kappa shape index (κ1) is 7.35. The molecule has 2 heteroatoms. The van der Waals surface area contributed by atoms with Crippen molar-refractivity contribution in [3.63, 3.8) is 0 Å². The Bertz CT molecular complexity index is 168. The Hall–Kier alpha value is -0.760. The SMILES string of the molecule is C/C=C\C1=CC(N(C)C)N1. The summed E-state index contributed by atoms with van der Waals surface area (Å²) in [4.78, 5) is 2.13. The fourth-order valence-electron chi connectivity index (χ4n) is 0.896. The maximum absolute atomic E-state index is 3.28. The van der Waals surface area contributed by atoms with Gasteiger partial charge in [-0.2, -0.15) is 0 Å². The van der Waals surface area contributed by atoms with E-state index in [9.17, 15) is 0 Å². The van der Waals surface area contributed by atoms with Crippen LogP contribution in [0, 0.1) is 0 Å². The van der Waals surface area contributed by atoms with Crippen molar-refractivity contribution in [1.82, 2.24) is 10.2 Å². The summed E-state index contributed by atoms with van der Waals surface area (Å²) in [5.74, 6) is 0. The van der Waals surface area contributed by atoms with Gasteiger partial charge in [-0.25, -0.2) is 0 Å². The number of nitrogens with one attached hydrogen (secondary N) is 1. The average Bonchev–Trinajstić information content (AvgIpc) is 1.76. The molecule has 0 saturated carbocycles. The molecule has 0 aromatic carbocycles. The van der Waals surface area contributed by atoms with Gasteiger partial charge < -0.3 is 5.32 Å². The van der Waals surface area contributed by atoms with Crippen molar-refractivity contribution in [1.29, 1.82) is 0 Å². The van der Waals surface area contributed by atoms with Gasteiger partial charge in [0.05, 0.1) is 0 Å². The van der Waals surface area contributed by atoms with E-state index in [1.807, 2.05) is 13.0 Å². The second-order valence-corrected chi connectivity index (χ2v) is 2.67. The lowest BCUT2D eigenvalue weighted by Gasteiger charge is -2.31. The van der Waals surface area contributed by atoms with Crippen molar-refractivity contribution < 1.29 is 0 Å². The molecule has 0 saturated heterocycles. The van der Waals surface area contributed by atoms with Crippen molar-refractivity contribution in [2.24, 2.45) is 0 Å². The molecular formula is C8H14N2. The number of nitrogens with zero attached hydrogens (tertiary/aromatic N) is 1. The van der Waals surface area contributed by atoms with Crippen molar-refractivity contribution >= 4 is 0 Å². The highest BCUT2D eigenvalue weighted by molar-refractivity contribution is 5.27.